The van der Waals surface area contributed by atoms with E-state index in [2.05, 4.69) is 26.1 Å². The van der Waals surface area contributed by atoms with Crippen LogP contribution in [0.2, 0.25) is 0 Å². The second-order valence-corrected chi connectivity index (χ2v) is 7.71. The lowest BCUT2D eigenvalue weighted by Crippen LogP contribution is -2.30. The largest absolute Gasteiger partial charge is 0.314 e. The number of hydrogen-bond donors (Lipinski definition) is 2. The molecule has 16 heavy (non-hydrogen) atoms. The van der Waals surface area contributed by atoms with E-state index in [1.54, 1.807) is 6.07 Å². The molecule has 90 valence electrons. The van der Waals surface area contributed by atoms with E-state index in [1.807, 2.05) is 0 Å². The summed E-state index contributed by atoms with van der Waals surface area (Å²) in [6.07, 6.45) is 0.731. The Bertz CT molecular complexity index is 454. The average Bonchev–Trinajstić information content (AvgIpc) is 2.85. The molecule has 5 nitrogen and oxygen atoms in total. The fourth-order valence-electron chi connectivity index (χ4n) is 1.34. The molecule has 0 aliphatic carbocycles. The van der Waals surface area contributed by atoms with Gasteiger partial charge in [-0.1, -0.05) is 4.89 Å². The van der Waals surface area contributed by atoms with Gasteiger partial charge in [-0.25, -0.2) is 8.42 Å². The molecule has 1 aliphatic rings. The number of hydrogen-bond acceptors (Lipinski definition) is 5. The summed E-state index contributed by atoms with van der Waals surface area (Å²) in [6.45, 7) is 1.54. The Morgan fingerprint density at radius 3 is 2.94 bits per heavy atom. The molecule has 2 N–H and O–H groups in total. The lowest BCUT2D eigenvalue weighted by atomic mass is 10.3. The van der Waals surface area contributed by atoms with Crippen LogP contribution in [0.1, 0.15) is 6.42 Å². The molecular weight excluding hydrogens is 316 g/mol. The van der Waals surface area contributed by atoms with Gasteiger partial charge in [0.05, 0.1) is 9.89 Å². The third kappa shape index (κ3) is 3.02. The van der Waals surface area contributed by atoms with Gasteiger partial charge in [-0.05, 0) is 41.0 Å². The van der Waals surface area contributed by atoms with Gasteiger partial charge in [0.1, 0.15) is 4.21 Å². The van der Waals surface area contributed by atoms with Crippen molar-refractivity contribution in [3.05, 3.63) is 15.9 Å². The maximum Gasteiger partial charge on any atom is 0.271 e. The normalized spacial score (nSPS) is 21.4. The van der Waals surface area contributed by atoms with E-state index in [1.165, 1.54) is 6.07 Å². The first-order chi connectivity index (χ1) is 7.58. The molecule has 1 aromatic heterocycles. The van der Waals surface area contributed by atoms with Gasteiger partial charge in [0.2, 0.25) is 0 Å². The van der Waals surface area contributed by atoms with Crippen molar-refractivity contribution >= 4 is 37.3 Å². The van der Waals surface area contributed by atoms with Gasteiger partial charge < -0.3 is 5.32 Å². The van der Waals surface area contributed by atoms with Crippen LogP contribution in [0.3, 0.4) is 0 Å². The maximum absolute atomic E-state index is 11.7. The molecule has 0 aromatic carbocycles. The van der Waals surface area contributed by atoms with Crippen molar-refractivity contribution in [2.24, 2.45) is 0 Å². The van der Waals surface area contributed by atoms with E-state index in [0.29, 0.717) is 6.54 Å². The first kappa shape index (κ1) is 12.5. The zero-order valence-electron chi connectivity index (χ0n) is 8.27. The molecule has 0 radical (unpaired) electrons. The highest BCUT2D eigenvalue weighted by Gasteiger charge is 2.21. The van der Waals surface area contributed by atoms with Gasteiger partial charge in [0.25, 0.3) is 10.0 Å². The molecule has 2 heterocycles. The summed E-state index contributed by atoms with van der Waals surface area (Å²) in [6, 6.07) is 3.23. The quantitative estimate of drug-likeness (QED) is 0.812. The van der Waals surface area contributed by atoms with Crippen LogP contribution in [0.15, 0.2) is 20.1 Å². The molecule has 8 heteroatoms. The van der Waals surface area contributed by atoms with Gasteiger partial charge in [-0.3, -0.25) is 4.84 Å². The summed E-state index contributed by atoms with van der Waals surface area (Å²) in [4.78, 5) is 7.27. The fraction of sp³-hybridized carbons (Fsp3) is 0.500. The smallest absolute Gasteiger partial charge is 0.271 e. The monoisotopic (exact) mass is 326 g/mol. The van der Waals surface area contributed by atoms with Crippen LogP contribution >= 0.6 is 27.3 Å². The molecule has 1 aromatic rings. The first-order valence-electron chi connectivity index (χ1n) is 4.71. The maximum atomic E-state index is 11.7. The van der Waals surface area contributed by atoms with E-state index < -0.39 is 10.0 Å². The number of thiophene rings is 1. The van der Waals surface area contributed by atoms with Crippen LogP contribution in [-0.4, -0.2) is 27.6 Å². The zero-order valence-corrected chi connectivity index (χ0v) is 11.5. The Kier molecular flexibility index (Phi) is 3.98. The van der Waals surface area contributed by atoms with E-state index in [4.69, 9.17) is 4.84 Å². The average molecular weight is 327 g/mol. The highest BCUT2D eigenvalue weighted by atomic mass is 79.9. The third-order valence-electron chi connectivity index (χ3n) is 2.15. The van der Waals surface area contributed by atoms with Crippen molar-refractivity contribution < 1.29 is 13.3 Å². The lowest BCUT2D eigenvalue weighted by Gasteiger charge is -2.10. The van der Waals surface area contributed by atoms with Crippen LogP contribution in [0, 0.1) is 0 Å². The van der Waals surface area contributed by atoms with Gasteiger partial charge in [-0.2, -0.15) is 0 Å². The highest BCUT2D eigenvalue weighted by Crippen LogP contribution is 2.25. The van der Waals surface area contributed by atoms with Gasteiger partial charge in [0, 0.05) is 6.54 Å². The fourth-order valence-corrected chi connectivity index (χ4v) is 4.19. The van der Waals surface area contributed by atoms with Crippen molar-refractivity contribution in [3.63, 3.8) is 0 Å². The standard InChI is InChI=1S/C8H11BrN2O3S2/c9-7-1-2-8(15-7)16(12,13)11-14-6-3-4-10-5-6/h1-2,6,10-11H,3-5H2. The summed E-state index contributed by atoms with van der Waals surface area (Å²) < 4.78 is 24.5. The second-order valence-electron chi connectivity index (χ2n) is 3.38. The van der Waals surface area contributed by atoms with Gasteiger partial charge in [-0.15, -0.1) is 11.3 Å². The molecule has 2 rings (SSSR count). The highest BCUT2D eigenvalue weighted by molar-refractivity contribution is 9.11. The molecule has 1 saturated heterocycles. The minimum Gasteiger partial charge on any atom is -0.314 e. The Labute approximate surface area is 106 Å². The van der Waals surface area contributed by atoms with Crippen molar-refractivity contribution in [2.45, 2.75) is 16.7 Å². The van der Waals surface area contributed by atoms with Crippen LogP contribution in [0.25, 0.3) is 0 Å². The van der Waals surface area contributed by atoms with Crippen LogP contribution < -0.4 is 10.2 Å². The Balaban J connectivity index is 1.97. The van der Waals surface area contributed by atoms with Gasteiger partial charge >= 0.3 is 0 Å². The summed E-state index contributed by atoms with van der Waals surface area (Å²) >= 11 is 4.37. The van der Waals surface area contributed by atoms with Crippen molar-refractivity contribution in [1.82, 2.24) is 10.2 Å². The predicted molar refractivity (Wildman–Crippen MR) is 64.7 cm³/mol. The van der Waals surface area contributed by atoms with Crippen LogP contribution in [0.5, 0.6) is 0 Å². The summed E-state index contributed by atoms with van der Waals surface area (Å²) in [5.74, 6) is 0. The van der Waals surface area contributed by atoms with Gasteiger partial charge in [0.15, 0.2) is 0 Å². The molecule has 0 amide bonds. The van der Waals surface area contributed by atoms with E-state index >= 15 is 0 Å². The molecule has 1 unspecified atom stereocenters. The van der Waals surface area contributed by atoms with E-state index in [-0.39, 0.29) is 10.3 Å². The molecule has 0 spiro atoms. The minimum atomic E-state index is -3.54. The summed E-state index contributed by atoms with van der Waals surface area (Å²) in [5.41, 5.74) is 0. The number of rotatable bonds is 4. The summed E-state index contributed by atoms with van der Waals surface area (Å²) in [7, 11) is -3.54. The van der Waals surface area contributed by atoms with Crippen LogP contribution in [-0.2, 0) is 14.9 Å². The lowest BCUT2D eigenvalue weighted by molar-refractivity contribution is 0.0304. The number of nitrogens with one attached hydrogen (secondary N) is 2. The first-order valence-corrected chi connectivity index (χ1v) is 7.81. The Morgan fingerprint density at radius 2 is 2.38 bits per heavy atom. The molecule has 1 aliphatic heterocycles. The SMILES string of the molecule is O=S(=O)(NOC1CCNC1)c1ccc(Br)s1. The van der Waals surface area contributed by atoms with E-state index in [0.717, 1.165) is 28.1 Å². The summed E-state index contributed by atoms with van der Waals surface area (Å²) in [5, 5.41) is 3.09. The molecule has 1 fully saturated rings. The molecule has 0 bridgehead atoms. The Morgan fingerprint density at radius 1 is 1.56 bits per heavy atom. The third-order valence-corrected chi connectivity index (χ3v) is 5.46. The van der Waals surface area contributed by atoms with Crippen LogP contribution in [0.4, 0.5) is 0 Å². The van der Waals surface area contributed by atoms with E-state index in [9.17, 15) is 8.42 Å². The number of halogens is 1. The molecular formula is C8H11BrN2O3S2. The molecule has 0 saturated carbocycles. The minimum absolute atomic E-state index is 0.0850. The Hall–Kier alpha value is 0.01000. The van der Waals surface area contributed by atoms with Crippen molar-refractivity contribution in [3.8, 4) is 0 Å². The van der Waals surface area contributed by atoms with Crippen molar-refractivity contribution in [2.75, 3.05) is 13.1 Å². The number of sulfonamides is 1. The molecule has 1 atom stereocenters. The predicted octanol–water partition coefficient (Wildman–Crippen LogP) is 1.08. The topological polar surface area (TPSA) is 67.4 Å². The zero-order chi connectivity index (χ0) is 11.6. The van der Waals surface area contributed by atoms with Crippen molar-refractivity contribution in [1.29, 1.82) is 0 Å². The second kappa shape index (κ2) is 5.11.